The molecule has 0 bridgehead atoms. The van der Waals surface area contributed by atoms with Crippen LogP contribution in [0, 0.1) is 11.3 Å². The Morgan fingerprint density at radius 3 is 2.85 bits per heavy atom. The van der Waals surface area contributed by atoms with Gasteiger partial charge in [0.05, 0.1) is 0 Å². The molecule has 0 saturated carbocycles. The molecule has 1 aromatic rings. The maximum Gasteiger partial charge on any atom is 0.218 e. The van der Waals surface area contributed by atoms with Gasteiger partial charge >= 0.3 is 0 Å². The van der Waals surface area contributed by atoms with Crippen LogP contribution in [0.4, 0.5) is 0 Å². The Labute approximate surface area is 114 Å². The number of hydrogen-bond donors (Lipinski definition) is 3. The van der Waals surface area contributed by atoms with Gasteiger partial charge in [-0.15, -0.1) is 0 Å². The van der Waals surface area contributed by atoms with E-state index in [4.69, 9.17) is 0 Å². The predicted molar refractivity (Wildman–Crippen MR) is 67.0 cm³/mol. The minimum atomic E-state index is -2.23. The van der Waals surface area contributed by atoms with E-state index in [1.807, 2.05) is 6.07 Å². The van der Waals surface area contributed by atoms with Crippen molar-refractivity contribution in [3.63, 3.8) is 0 Å². The molecule has 0 spiro atoms. The van der Waals surface area contributed by atoms with Crippen LogP contribution in [0.3, 0.4) is 0 Å². The molecule has 1 saturated heterocycles. The van der Waals surface area contributed by atoms with Gasteiger partial charge in [-0.05, 0) is 0 Å². The number of carbonyl (C=O) groups is 1. The molecule has 0 aromatic heterocycles. The van der Waals surface area contributed by atoms with E-state index in [0.29, 0.717) is 24.5 Å². The number of Topliss-reactive ketones (excluding diaryl/α,β-unsaturated/α-hetero) is 1. The Hall–Kier alpha value is -2.36. The highest BCUT2D eigenvalue weighted by atomic mass is 16.4. The van der Waals surface area contributed by atoms with Gasteiger partial charge < -0.3 is 20.4 Å². The van der Waals surface area contributed by atoms with Gasteiger partial charge in [0.1, 0.15) is 17.5 Å². The second kappa shape index (κ2) is 3.20. The summed E-state index contributed by atoms with van der Waals surface area (Å²) in [5, 5.41) is 34.3. The molecule has 2 unspecified atom stereocenters. The van der Waals surface area contributed by atoms with Crippen molar-refractivity contribution in [3.05, 3.63) is 46.8 Å². The minimum absolute atomic E-state index is 0.112. The van der Waals surface area contributed by atoms with E-state index in [1.165, 1.54) is 4.90 Å². The lowest BCUT2D eigenvalue weighted by atomic mass is 9.86. The zero-order valence-electron chi connectivity index (χ0n) is 10.4. The molecule has 1 aromatic carbocycles. The Kier molecular flexibility index (Phi) is 1.84. The zero-order valence-corrected chi connectivity index (χ0v) is 10.4. The normalized spacial score (nSPS) is 33.6. The van der Waals surface area contributed by atoms with Crippen LogP contribution in [0.15, 0.2) is 35.7 Å². The summed E-state index contributed by atoms with van der Waals surface area (Å²) >= 11 is 0. The van der Waals surface area contributed by atoms with Crippen molar-refractivity contribution in [1.82, 2.24) is 10.2 Å². The maximum atomic E-state index is 12.6. The standard InChI is InChI=1S/C14H11N3O3/c15-7-10-12-16-5-6-17(12)14(20)9-4-2-1-3-8(9)11(18)13(10,14)19/h1-4,16,19-20H,5-6H2. The van der Waals surface area contributed by atoms with Crippen LogP contribution in [0.5, 0.6) is 0 Å². The lowest BCUT2D eigenvalue weighted by molar-refractivity contribution is -0.165. The monoisotopic (exact) mass is 269 g/mol. The number of aliphatic hydroxyl groups is 2. The molecule has 0 amide bonds. The van der Waals surface area contributed by atoms with Crippen LogP contribution >= 0.6 is 0 Å². The van der Waals surface area contributed by atoms with Crippen molar-refractivity contribution < 1.29 is 15.0 Å². The predicted octanol–water partition coefficient (Wildman–Crippen LogP) is -0.587. The summed E-state index contributed by atoms with van der Waals surface area (Å²) in [6, 6.07) is 8.42. The quantitative estimate of drug-likeness (QED) is 0.582. The first-order valence-corrected chi connectivity index (χ1v) is 6.32. The second-order valence-electron chi connectivity index (χ2n) is 5.17. The molecule has 2 atom stereocenters. The van der Waals surface area contributed by atoms with Crippen LogP contribution in [0.1, 0.15) is 15.9 Å². The third-order valence-electron chi connectivity index (χ3n) is 4.38. The fourth-order valence-electron chi connectivity index (χ4n) is 3.51. The van der Waals surface area contributed by atoms with Gasteiger partial charge in [-0.1, -0.05) is 24.3 Å². The number of nitrogens with one attached hydrogen (secondary N) is 1. The van der Waals surface area contributed by atoms with E-state index in [1.54, 1.807) is 24.3 Å². The Balaban J connectivity index is 2.09. The van der Waals surface area contributed by atoms with Gasteiger partial charge in [-0.2, -0.15) is 5.26 Å². The second-order valence-corrected chi connectivity index (χ2v) is 5.17. The molecule has 6 heteroatoms. The number of nitrogens with zero attached hydrogens (tertiary/aromatic N) is 2. The van der Waals surface area contributed by atoms with Crippen LogP contribution in [-0.4, -0.2) is 39.6 Å². The molecule has 100 valence electrons. The molecule has 4 rings (SSSR count). The first kappa shape index (κ1) is 11.5. The Bertz CT molecular complexity index is 735. The molecule has 1 fully saturated rings. The lowest BCUT2D eigenvalue weighted by Crippen LogP contribution is -2.56. The molecule has 3 aliphatic rings. The van der Waals surface area contributed by atoms with Crippen LogP contribution in [0.2, 0.25) is 0 Å². The minimum Gasteiger partial charge on any atom is -0.372 e. The number of fused-ring (bicyclic) bond motifs is 5. The van der Waals surface area contributed by atoms with Crippen molar-refractivity contribution in [3.8, 4) is 6.07 Å². The number of ketones is 1. The summed E-state index contributed by atoms with van der Waals surface area (Å²) in [5.41, 5.74) is -3.63. The van der Waals surface area contributed by atoms with Crippen LogP contribution in [0.25, 0.3) is 0 Å². The number of carbonyl (C=O) groups excluding carboxylic acids is 1. The molecule has 2 heterocycles. The van der Waals surface area contributed by atoms with Gasteiger partial charge in [0.15, 0.2) is 0 Å². The molecular formula is C14H11N3O3. The zero-order chi connectivity index (χ0) is 14.1. The summed E-state index contributed by atoms with van der Waals surface area (Å²) in [7, 11) is 0. The SMILES string of the molecule is N#CC1=C2NCCN2C2(O)c3ccccc3C(=O)C12O. The number of rotatable bonds is 0. The summed E-state index contributed by atoms with van der Waals surface area (Å²) in [4.78, 5) is 14.1. The fourth-order valence-corrected chi connectivity index (χ4v) is 3.51. The maximum absolute atomic E-state index is 12.6. The van der Waals surface area contributed by atoms with Crippen LogP contribution < -0.4 is 5.32 Å². The number of nitriles is 1. The third kappa shape index (κ3) is 0.882. The average molecular weight is 269 g/mol. The molecule has 1 aliphatic carbocycles. The topological polar surface area (TPSA) is 96.6 Å². The molecule has 0 radical (unpaired) electrons. The van der Waals surface area contributed by atoms with Crippen molar-refractivity contribution in [2.24, 2.45) is 0 Å². The summed E-state index contributed by atoms with van der Waals surface area (Å²) in [6.07, 6.45) is 0. The van der Waals surface area contributed by atoms with E-state index in [9.17, 15) is 20.3 Å². The molecule has 3 N–H and O–H groups in total. The first-order valence-electron chi connectivity index (χ1n) is 6.32. The van der Waals surface area contributed by atoms with Crippen molar-refractivity contribution in [2.45, 2.75) is 11.3 Å². The van der Waals surface area contributed by atoms with Crippen molar-refractivity contribution in [1.29, 1.82) is 5.26 Å². The largest absolute Gasteiger partial charge is 0.372 e. The summed E-state index contributed by atoms with van der Waals surface area (Å²) in [6.45, 7) is 0.968. The molecular weight excluding hydrogens is 258 g/mol. The van der Waals surface area contributed by atoms with Gasteiger partial charge in [0.25, 0.3) is 0 Å². The highest BCUT2D eigenvalue weighted by Crippen LogP contribution is 2.56. The lowest BCUT2D eigenvalue weighted by Gasteiger charge is -2.37. The van der Waals surface area contributed by atoms with E-state index < -0.39 is 17.1 Å². The number of benzene rings is 1. The smallest absolute Gasteiger partial charge is 0.218 e. The molecule has 20 heavy (non-hydrogen) atoms. The third-order valence-corrected chi connectivity index (χ3v) is 4.38. The molecule has 2 aliphatic heterocycles. The Morgan fingerprint density at radius 2 is 2.10 bits per heavy atom. The van der Waals surface area contributed by atoms with E-state index >= 15 is 0 Å². The van der Waals surface area contributed by atoms with Gasteiger partial charge in [0, 0.05) is 24.2 Å². The fraction of sp³-hybridized carbons (Fsp3) is 0.286. The average Bonchev–Trinajstić information content (AvgIpc) is 3.05. The van der Waals surface area contributed by atoms with E-state index in [2.05, 4.69) is 5.32 Å². The summed E-state index contributed by atoms with van der Waals surface area (Å²) in [5.74, 6) is -0.281. The van der Waals surface area contributed by atoms with Gasteiger partial charge in [0.2, 0.25) is 17.1 Å². The van der Waals surface area contributed by atoms with Gasteiger partial charge in [-0.25, -0.2) is 0 Å². The van der Waals surface area contributed by atoms with Crippen LogP contribution in [-0.2, 0) is 5.72 Å². The molecule has 6 nitrogen and oxygen atoms in total. The number of hydrogen-bond acceptors (Lipinski definition) is 6. The van der Waals surface area contributed by atoms with Gasteiger partial charge in [-0.3, -0.25) is 4.79 Å². The van der Waals surface area contributed by atoms with E-state index in [0.717, 1.165) is 0 Å². The summed E-state index contributed by atoms with van der Waals surface area (Å²) < 4.78 is 0. The highest BCUT2D eigenvalue weighted by molar-refractivity contribution is 6.11. The Morgan fingerprint density at radius 1 is 1.35 bits per heavy atom. The van der Waals surface area contributed by atoms with Crippen molar-refractivity contribution in [2.75, 3.05) is 13.1 Å². The van der Waals surface area contributed by atoms with Crippen molar-refractivity contribution >= 4 is 5.78 Å². The highest BCUT2D eigenvalue weighted by Gasteiger charge is 2.73. The first-order chi connectivity index (χ1) is 9.56. The van der Waals surface area contributed by atoms with E-state index in [-0.39, 0.29) is 11.1 Å².